The Morgan fingerprint density at radius 3 is 2.63 bits per heavy atom. The van der Waals surface area contributed by atoms with Gasteiger partial charge in [0.15, 0.2) is 0 Å². The molecular weight excluding hydrogens is 417 g/mol. The number of nitrogens with one attached hydrogen (secondary N) is 1. The van der Waals surface area contributed by atoms with Crippen LogP contribution in [0.5, 0.6) is 0 Å². The van der Waals surface area contributed by atoms with Gasteiger partial charge in [0.2, 0.25) is 0 Å². The highest BCUT2D eigenvalue weighted by molar-refractivity contribution is 7.85. The zero-order chi connectivity index (χ0) is 21.5. The van der Waals surface area contributed by atoms with Crippen LogP contribution in [0.2, 0.25) is 0 Å². The summed E-state index contributed by atoms with van der Waals surface area (Å²) in [6.07, 6.45) is 3.46. The highest BCUT2D eigenvalue weighted by Crippen LogP contribution is 2.38. The van der Waals surface area contributed by atoms with Crippen LogP contribution in [-0.2, 0) is 23.7 Å². The molecule has 30 heavy (non-hydrogen) atoms. The maximum Gasteiger partial charge on any atom is 0.417 e. The van der Waals surface area contributed by atoms with E-state index in [-0.39, 0.29) is 22.4 Å². The van der Waals surface area contributed by atoms with Crippen LogP contribution in [0.25, 0.3) is 16.8 Å². The lowest BCUT2D eigenvalue weighted by atomic mass is 10.0. The molecule has 1 unspecified atom stereocenters. The number of hydrogen-bond donors (Lipinski definition) is 1. The molecule has 4 rings (SSSR count). The molecule has 1 atom stereocenters. The van der Waals surface area contributed by atoms with Crippen molar-refractivity contribution >= 4 is 16.7 Å². The molecule has 3 aromatic rings. The lowest BCUT2D eigenvalue weighted by Crippen LogP contribution is -2.20. The molecular formula is C20H19F3N4O2S. The van der Waals surface area contributed by atoms with Crippen LogP contribution in [-0.4, -0.2) is 24.8 Å². The molecule has 1 aliphatic carbocycles. The number of alkyl halides is 3. The third-order valence-electron chi connectivity index (χ3n) is 4.86. The third kappa shape index (κ3) is 4.48. The van der Waals surface area contributed by atoms with Gasteiger partial charge in [0.05, 0.1) is 17.4 Å². The Kier molecular flexibility index (Phi) is 5.27. The molecule has 1 aliphatic rings. The number of hydrogen-bond acceptors (Lipinski definition) is 3. The fourth-order valence-electron chi connectivity index (χ4n) is 3.24. The van der Waals surface area contributed by atoms with Crippen LogP contribution in [0, 0.1) is 5.92 Å². The molecule has 0 amide bonds. The number of anilines is 1. The average molecular weight is 436 g/mol. The SMILES string of the molecule is CS(=O)Nc1ccc(-c2cnn(-c3ccc(=O)n(CC4CC4)c3)c2)c(C(F)(F)F)c1. The lowest BCUT2D eigenvalue weighted by molar-refractivity contribution is -0.137. The van der Waals surface area contributed by atoms with Gasteiger partial charge in [-0.05, 0) is 42.5 Å². The topological polar surface area (TPSA) is 68.9 Å². The number of benzene rings is 1. The van der Waals surface area contributed by atoms with Gasteiger partial charge in [0.25, 0.3) is 5.56 Å². The van der Waals surface area contributed by atoms with E-state index in [2.05, 4.69) is 9.82 Å². The molecule has 0 bridgehead atoms. The minimum absolute atomic E-state index is 0.0347. The van der Waals surface area contributed by atoms with Gasteiger partial charge in [-0.3, -0.25) is 4.79 Å². The highest BCUT2D eigenvalue weighted by Gasteiger charge is 2.34. The Morgan fingerprint density at radius 1 is 1.20 bits per heavy atom. The number of pyridine rings is 1. The van der Waals surface area contributed by atoms with Crippen LogP contribution < -0.4 is 10.3 Å². The van der Waals surface area contributed by atoms with Crippen LogP contribution in [0.15, 0.2) is 53.7 Å². The second kappa shape index (κ2) is 7.75. The summed E-state index contributed by atoms with van der Waals surface area (Å²) >= 11 is 0. The number of nitrogens with zero attached hydrogens (tertiary/aromatic N) is 3. The standard InChI is InChI=1S/C20H19F3N4O2S/c1-30(29)25-15-4-6-17(18(8-15)20(21,22)23)14-9-24-27(11-14)16-5-7-19(28)26(12-16)10-13-2-3-13/h4-9,11-13,25H,2-3,10H2,1H3. The molecule has 6 nitrogen and oxygen atoms in total. The fraction of sp³-hybridized carbons (Fsp3) is 0.300. The first-order chi connectivity index (χ1) is 14.2. The Bertz CT molecular complexity index is 1170. The van der Waals surface area contributed by atoms with Gasteiger partial charge in [-0.15, -0.1) is 0 Å². The normalized spacial score (nSPS) is 15.2. The van der Waals surface area contributed by atoms with Crippen molar-refractivity contribution in [2.24, 2.45) is 5.92 Å². The van der Waals surface area contributed by atoms with E-state index in [1.54, 1.807) is 16.8 Å². The van der Waals surface area contributed by atoms with Crippen molar-refractivity contribution in [2.45, 2.75) is 25.6 Å². The van der Waals surface area contributed by atoms with E-state index < -0.39 is 22.7 Å². The van der Waals surface area contributed by atoms with E-state index in [0.29, 0.717) is 18.2 Å². The molecule has 0 saturated heterocycles. The maximum atomic E-state index is 13.6. The monoisotopic (exact) mass is 436 g/mol. The summed E-state index contributed by atoms with van der Waals surface area (Å²) in [6.45, 7) is 0.631. The van der Waals surface area contributed by atoms with Gasteiger partial charge in [-0.25, -0.2) is 8.89 Å². The van der Waals surface area contributed by atoms with Gasteiger partial charge in [0, 0.05) is 42.5 Å². The van der Waals surface area contributed by atoms with Crippen molar-refractivity contribution in [3.8, 4) is 16.8 Å². The molecule has 2 aromatic heterocycles. The minimum Gasteiger partial charge on any atom is -0.313 e. The van der Waals surface area contributed by atoms with Crippen molar-refractivity contribution < 1.29 is 17.4 Å². The Morgan fingerprint density at radius 2 is 1.97 bits per heavy atom. The lowest BCUT2D eigenvalue weighted by Gasteiger charge is -2.14. The smallest absolute Gasteiger partial charge is 0.313 e. The quantitative estimate of drug-likeness (QED) is 0.639. The molecule has 1 aromatic carbocycles. The van der Waals surface area contributed by atoms with E-state index in [9.17, 15) is 22.2 Å². The van der Waals surface area contributed by atoms with Crippen LogP contribution in [0.1, 0.15) is 18.4 Å². The maximum absolute atomic E-state index is 13.6. The molecule has 10 heteroatoms. The zero-order valence-corrected chi connectivity index (χ0v) is 16.8. The summed E-state index contributed by atoms with van der Waals surface area (Å²) in [7, 11) is -1.49. The Hall–Kier alpha value is -2.88. The summed E-state index contributed by atoms with van der Waals surface area (Å²) in [5, 5.41) is 4.19. The van der Waals surface area contributed by atoms with Crippen LogP contribution in [0.3, 0.4) is 0 Å². The highest BCUT2D eigenvalue weighted by atomic mass is 32.2. The third-order valence-corrected chi connectivity index (χ3v) is 5.39. The van der Waals surface area contributed by atoms with Crippen LogP contribution in [0.4, 0.5) is 18.9 Å². The summed E-state index contributed by atoms with van der Waals surface area (Å²) in [6, 6.07) is 6.73. The van der Waals surface area contributed by atoms with Crippen molar-refractivity contribution in [3.05, 3.63) is 64.8 Å². The van der Waals surface area contributed by atoms with E-state index in [1.165, 1.54) is 41.5 Å². The van der Waals surface area contributed by atoms with Gasteiger partial charge < -0.3 is 9.29 Å². The number of rotatable bonds is 6. The van der Waals surface area contributed by atoms with Crippen LogP contribution >= 0.6 is 0 Å². The molecule has 0 radical (unpaired) electrons. The van der Waals surface area contributed by atoms with Gasteiger partial charge in [-0.1, -0.05) is 6.07 Å². The summed E-state index contributed by atoms with van der Waals surface area (Å²) in [5.74, 6) is 0.505. The molecule has 1 saturated carbocycles. The zero-order valence-electron chi connectivity index (χ0n) is 16.0. The van der Waals surface area contributed by atoms with Gasteiger partial charge in [-0.2, -0.15) is 18.3 Å². The average Bonchev–Trinajstić information content (AvgIpc) is 3.35. The van der Waals surface area contributed by atoms with E-state index in [1.807, 2.05) is 0 Å². The summed E-state index contributed by atoms with van der Waals surface area (Å²) < 4.78 is 57.7. The predicted molar refractivity (Wildman–Crippen MR) is 109 cm³/mol. The van der Waals surface area contributed by atoms with E-state index in [0.717, 1.165) is 18.9 Å². The van der Waals surface area contributed by atoms with Crippen molar-refractivity contribution in [1.29, 1.82) is 0 Å². The van der Waals surface area contributed by atoms with Gasteiger partial charge >= 0.3 is 6.18 Å². The molecule has 1 fully saturated rings. The molecule has 0 spiro atoms. The molecule has 0 aliphatic heterocycles. The van der Waals surface area contributed by atoms with Crippen molar-refractivity contribution in [3.63, 3.8) is 0 Å². The second-order valence-electron chi connectivity index (χ2n) is 7.31. The first-order valence-corrected chi connectivity index (χ1v) is 10.8. The van der Waals surface area contributed by atoms with E-state index >= 15 is 0 Å². The summed E-state index contributed by atoms with van der Waals surface area (Å²) in [4.78, 5) is 12.0. The molecule has 158 valence electrons. The Balaban J connectivity index is 1.70. The largest absolute Gasteiger partial charge is 0.417 e. The summed E-state index contributed by atoms with van der Waals surface area (Å²) in [5.41, 5.74) is -0.00917. The fourth-order valence-corrected chi connectivity index (χ4v) is 3.70. The van der Waals surface area contributed by atoms with Crippen molar-refractivity contribution in [2.75, 3.05) is 11.0 Å². The first-order valence-electron chi connectivity index (χ1n) is 9.28. The Labute approximate surface area is 172 Å². The first kappa shape index (κ1) is 20.4. The second-order valence-corrected chi connectivity index (χ2v) is 8.42. The minimum atomic E-state index is -4.60. The predicted octanol–water partition coefficient (Wildman–Crippen LogP) is 3.84. The molecule has 1 N–H and O–H groups in total. The number of halogens is 3. The van der Waals surface area contributed by atoms with Gasteiger partial charge in [0.1, 0.15) is 11.0 Å². The number of aromatic nitrogens is 3. The molecule has 2 heterocycles. The van der Waals surface area contributed by atoms with Crippen molar-refractivity contribution in [1.82, 2.24) is 14.3 Å². The van der Waals surface area contributed by atoms with E-state index in [4.69, 9.17) is 0 Å².